The second-order valence-corrected chi connectivity index (χ2v) is 5.34. The van der Waals surface area contributed by atoms with Crippen LogP contribution in [0.5, 0.6) is 0 Å². The first kappa shape index (κ1) is 11.3. The first-order chi connectivity index (χ1) is 8.66. The van der Waals surface area contributed by atoms with Crippen molar-refractivity contribution >= 4 is 22.7 Å². The van der Waals surface area contributed by atoms with E-state index in [1.807, 2.05) is 24.3 Å². The standard InChI is InChI=1S/C14H18N4/c1-14(8-4-5-9-14)18-13-12(15)16-10-6-2-3-7-11(10)17-13/h2-3,6-7H,4-5,8-9H2,1H3,(H2,15,16)(H,17,18). The molecule has 94 valence electrons. The second kappa shape index (κ2) is 4.12. The van der Waals surface area contributed by atoms with Crippen LogP contribution in [0, 0.1) is 0 Å². The molecule has 1 aliphatic carbocycles. The molecule has 1 heterocycles. The van der Waals surface area contributed by atoms with Crippen LogP contribution in [0.15, 0.2) is 24.3 Å². The van der Waals surface area contributed by atoms with E-state index >= 15 is 0 Å². The minimum absolute atomic E-state index is 0.116. The van der Waals surface area contributed by atoms with Gasteiger partial charge in [0.05, 0.1) is 11.0 Å². The van der Waals surface area contributed by atoms with Crippen LogP contribution in [0.2, 0.25) is 0 Å². The second-order valence-electron chi connectivity index (χ2n) is 5.34. The number of anilines is 2. The Hall–Kier alpha value is -1.84. The van der Waals surface area contributed by atoms with E-state index in [0.717, 1.165) is 16.9 Å². The quantitative estimate of drug-likeness (QED) is 0.849. The predicted octanol–water partition coefficient (Wildman–Crippen LogP) is 2.96. The molecule has 0 bridgehead atoms. The Labute approximate surface area is 107 Å². The average Bonchev–Trinajstić information content (AvgIpc) is 2.77. The Bertz CT molecular complexity index is 573. The summed E-state index contributed by atoms with van der Waals surface area (Å²) in [5.74, 6) is 1.21. The smallest absolute Gasteiger partial charge is 0.169 e. The zero-order chi connectivity index (χ0) is 12.6. The molecule has 1 saturated carbocycles. The number of hydrogen-bond donors (Lipinski definition) is 2. The maximum absolute atomic E-state index is 5.99. The molecule has 0 unspecified atom stereocenters. The molecule has 1 fully saturated rings. The molecule has 3 N–H and O–H groups in total. The lowest BCUT2D eigenvalue weighted by Crippen LogP contribution is -2.31. The monoisotopic (exact) mass is 242 g/mol. The maximum Gasteiger partial charge on any atom is 0.169 e. The summed E-state index contributed by atoms with van der Waals surface area (Å²) in [6.07, 6.45) is 4.87. The molecule has 0 spiro atoms. The van der Waals surface area contributed by atoms with E-state index in [9.17, 15) is 0 Å². The third-order valence-corrected chi connectivity index (χ3v) is 3.72. The number of para-hydroxylation sites is 2. The van der Waals surface area contributed by atoms with Gasteiger partial charge in [0.15, 0.2) is 11.6 Å². The van der Waals surface area contributed by atoms with Gasteiger partial charge in [0.2, 0.25) is 0 Å². The lowest BCUT2D eigenvalue weighted by Gasteiger charge is -2.26. The summed E-state index contributed by atoms with van der Waals surface area (Å²) in [5.41, 5.74) is 7.83. The van der Waals surface area contributed by atoms with Crippen molar-refractivity contribution in [2.75, 3.05) is 11.1 Å². The molecule has 0 amide bonds. The van der Waals surface area contributed by atoms with E-state index in [1.165, 1.54) is 25.7 Å². The van der Waals surface area contributed by atoms with Crippen LogP contribution < -0.4 is 11.1 Å². The van der Waals surface area contributed by atoms with Gasteiger partial charge in [0.1, 0.15) is 0 Å². The van der Waals surface area contributed by atoms with Crippen LogP contribution in [0.3, 0.4) is 0 Å². The highest BCUT2D eigenvalue weighted by Crippen LogP contribution is 2.33. The first-order valence-corrected chi connectivity index (χ1v) is 6.47. The van der Waals surface area contributed by atoms with Crippen molar-refractivity contribution in [3.8, 4) is 0 Å². The van der Waals surface area contributed by atoms with E-state index in [-0.39, 0.29) is 5.54 Å². The summed E-state index contributed by atoms with van der Waals surface area (Å²) in [7, 11) is 0. The SMILES string of the molecule is CC1(Nc2nc3ccccc3nc2N)CCCC1. The van der Waals surface area contributed by atoms with Gasteiger partial charge in [0, 0.05) is 5.54 Å². The third kappa shape index (κ3) is 1.98. The van der Waals surface area contributed by atoms with E-state index in [4.69, 9.17) is 5.73 Å². The highest BCUT2D eigenvalue weighted by atomic mass is 15.1. The lowest BCUT2D eigenvalue weighted by atomic mass is 10.0. The summed E-state index contributed by atoms with van der Waals surface area (Å²) in [4.78, 5) is 8.99. The molecule has 0 atom stereocenters. The number of nitrogens with zero attached hydrogens (tertiary/aromatic N) is 2. The largest absolute Gasteiger partial charge is 0.381 e. The molecule has 2 aromatic rings. The van der Waals surface area contributed by atoms with Crippen LogP contribution in [-0.2, 0) is 0 Å². The van der Waals surface area contributed by atoms with Crippen molar-refractivity contribution in [2.24, 2.45) is 0 Å². The Kier molecular flexibility index (Phi) is 2.58. The predicted molar refractivity (Wildman–Crippen MR) is 74.4 cm³/mol. The Balaban J connectivity index is 1.98. The zero-order valence-electron chi connectivity index (χ0n) is 10.6. The number of nitrogens with two attached hydrogens (primary N) is 1. The van der Waals surface area contributed by atoms with Gasteiger partial charge >= 0.3 is 0 Å². The number of nitrogens with one attached hydrogen (secondary N) is 1. The molecule has 0 saturated heterocycles. The summed E-state index contributed by atoms with van der Waals surface area (Å²) in [6.45, 7) is 2.23. The van der Waals surface area contributed by atoms with Gasteiger partial charge in [-0.3, -0.25) is 0 Å². The van der Waals surface area contributed by atoms with Crippen molar-refractivity contribution in [1.29, 1.82) is 0 Å². The maximum atomic E-state index is 5.99. The molecule has 18 heavy (non-hydrogen) atoms. The fraction of sp³-hybridized carbons (Fsp3) is 0.429. The third-order valence-electron chi connectivity index (χ3n) is 3.72. The molecule has 1 aromatic heterocycles. The van der Waals surface area contributed by atoms with Crippen LogP contribution in [-0.4, -0.2) is 15.5 Å². The molecule has 1 aliphatic rings. The summed E-state index contributed by atoms with van der Waals surface area (Å²) < 4.78 is 0. The van der Waals surface area contributed by atoms with Gasteiger partial charge in [-0.2, -0.15) is 0 Å². The summed E-state index contributed by atoms with van der Waals surface area (Å²) in [6, 6.07) is 7.81. The summed E-state index contributed by atoms with van der Waals surface area (Å²) in [5, 5.41) is 3.48. The van der Waals surface area contributed by atoms with Crippen LogP contribution in [0.4, 0.5) is 11.6 Å². The van der Waals surface area contributed by atoms with Gasteiger partial charge in [0.25, 0.3) is 0 Å². The molecule has 1 aromatic carbocycles. The van der Waals surface area contributed by atoms with Gasteiger partial charge in [-0.1, -0.05) is 25.0 Å². The Morgan fingerprint density at radius 3 is 2.39 bits per heavy atom. The van der Waals surface area contributed by atoms with E-state index in [1.54, 1.807) is 0 Å². The fourth-order valence-corrected chi connectivity index (χ4v) is 2.67. The number of nitrogen functional groups attached to an aromatic ring is 1. The highest BCUT2D eigenvalue weighted by Gasteiger charge is 2.29. The number of aromatic nitrogens is 2. The highest BCUT2D eigenvalue weighted by molar-refractivity contribution is 5.79. The Morgan fingerprint density at radius 2 is 1.72 bits per heavy atom. The number of fused-ring (bicyclic) bond motifs is 1. The van der Waals surface area contributed by atoms with Crippen molar-refractivity contribution in [1.82, 2.24) is 9.97 Å². The summed E-state index contributed by atoms with van der Waals surface area (Å²) >= 11 is 0. The molecule has 4 heteroatoms. The molecular weight excluding hydrogens is 224 g/mol. The normalized spacial score (nSPS) is 18.1. The van der Waals surface area contributed by atoms with Crippen LogP contribution >= 0.6 is 0 Å². The van der Waals surface area contributed by atoms with Gasteiger partial charge < -0.3 is 11.1 Å². The van der Waals surface area contributed by atoms with Crippen LogP contribution in [0.1, 0.15) is 32.6 Å². The Morgan fingerprint density at radius 1 is 1.11 bits per heavy atom. The molecule has 3 rings (SSSR count). The van der Waals surface area contributed by atoms with Gasteiger partial charge in [-0.25, -0.2) is 9.97 Å². The number of rotatable bonds is 2. The van der Waals surface area contributed by atoms with Crippen LogP contribution in [0.25, 0.3) is 11.0 Å². The van der Waals surface area contributed by atoms with Gasteiger partial charge in [-0.05, 0) is 31.9 Å². The fourth-order valence-electron chi connectivity index (χ4n) is 2.67. The van der Waals surface area contributed by atoms with E-state index in [2.05, 4.69) is 22.2 Å². The number of benzene rings is 1. The topological polar surface area (TPSA) is 63.8 Å². The van der Waals surface area contributed by atoms with E-state index in [0.29, 0.717) is 5.82 Å². The molecule has 4 nitrogen and oxygen atoms in total. The first-order valence-electron chi connectivity index (χ1n) is 6.47. The molecular formula is C14H18N4. The molecule has 0 radical (unpaired) electrons. The van der Waals surface area contributed by atoms with Crippen molar-refractivity contribution < 1.29 is 0 Å². The minimum atomic E-state index is 0.116. The van der Waals surface area contributed by atoms with Crippen molar-refractivity contribution in [2.45, 2.75) is 38.1 Å². The van der Waals surface area contributed by atoms with Crippen molar-refractivity contribution in [3.05, 3.63) is 24.3 Å². The number of hydrogen-bond acceptors (Lipinski definition) is 4. The minimum Gasteiger partial charge on any atom is -0.381 e. The zero-order valence-corrected chi connectivity index (χ0v) is 10.6. The average molecular weight is 242 g/mol. The van der Waals surface area contributed by atoms with Crippen molar-refractivity contribution in [3.63, 3.8) is 0 Å². The van der Waals surface area contributed by atoms with Gasteiger partial charge in [-0.15, -0.1) is 0 Å². The lowest BCUT2D eigenvalue weighted by molar-refractivity contribution is 0.531. The van der Waals surface area contributed by atoms with E-state index < -0.39 is 0 Å². The molecule has 0 aliphatic heterocycles.